The number of carbonyl (C=O) groups is 1. The average molecular weight is 295 g/mol. The SMILES string of the molecule is O=C(NN=Cc1ccc(O)cc1O)c1cc2ccccc2[nH]1. The summed E-state index contributed by atoms with van der Waals surface area (Å²) in [7, 11) is 0. The Morgan fingerprint density at radius 1 is 1.14 bits per heavy atom. The Kier molecular flexibility index (Phi) is 3.49. The van der Waals surface area contributed by atoms with Crippen molar-refractivity contribution in [2.75, 3.05) is 0 Å². The molecule has 0 aliphatic heterocycles. The monoisotopic (exact) mass is 295 g/mol. The average Bonchev–Trinajstić information content (AvgIpc) is 2.93. The van der Waals surface area contributed by atoms with Crippen LogP contribution >= 0.6 is 0 Å². The number of hydrogen-bond donors (Lipinski definition) is 4. The Balaban J connectivity index is 1.72. The first-order chi connectivity index (χ1) is 10.6. The third-order valence-electron chi connectivity index (χ3n) is 3.16. The van der Waals surface area contributed by atoms with Crippen molar-refractivity contribution in [1.82, 2.24) is 10.4 Å². The second kappa shape index (κ2) is 5.61. The molecule has 1 heterocycles. The first-order valence-corrected chi connectivity index (χ1v) is 6.56. The number of rotatable bonds is 3. The topological polar surface area (TPSA) is 97.7 Å². The molecule has 6 nitrogen and oxygen atoms in total. The number of aromatic nitrogens is 1. The molecule has 22 heavy (non-hydrogen) atoms. The molecule has 0 radical (unpaired) electrons. The van der Waals surface area contributed by atoms with Gasteiger partial charge >= 0.3 is 0 Å². The van der Waals surface area contributed by atoms with Crippen LogP contribution in [0.25, 0.3) is 10.9 Å². The number of benzene rings is 2. The van der Waals surface area contributed by atoms with E-state index in [0.717, 1.165) is 10.9 Å². The number of amides is 1. The van der Waals surface area contributed by atoms with Crippen molar-refractivity contribution in [1.29, 1.82) is 0 Å². The lowest BCUT2D eigenvalue weighted by Crippen LogP contribution is -2.17. The Hall–Kier alpha value is -3.28. The first kappa shape index (κ1) is 13.7. The second-order valence-electron chi connectivity index (χ2n) is 4.71. The van der Waals surface area contributed by atoms with Crippen molar-refractivity contribution >= 4 is 23.0 Å². The second-order valence-corrected chi connectivity index (χ2v) is 4.71. The summed E-state index contributed by atoms with van der Waals surface area (Å²) in [4.78, 5) is 15.0. The predicted molar refractivity (Wildman–Crippen MR) is 83.1 cm³/mol. The number of hydrogen-bond acceptors (Lipinski definition) is 4. The molecule has 2 aromatic carbocycles. The molecule has 0 spiro atoms. The third kappa shape index (κ3) is 2.76. The van der Waals surface area contributed by atoms with Crippen molar-refractivity contribution in [2.45, 2.75) is 0 Å². The van der Waals surface area contributed by atoms with E-state index < -0.39 is 0 Å². The number of nitrogens with zero attached hydrogens (tertiary/aromatic N) is 1. The van der Waals surface area contributed by atoms with Crippen LogP contribution in [0.1, 0.15) is 16.1 Å². The number of fused-ring (bicyclic) bond motifs is 1. The zero-order valence-corrected chi connectivity index (χ0v) is 11.4. The standard InChI is InChI=1S/C16H13N3O3/c20-12-6-5-11(15(21)8-12)9-17-19-16(22)14-7-10-3-1-2-4-13(10)18-14/h1-9,18,20-21H,(H,19,22). The molecule has 4 N–H and O–H groups in total. The number of phenols is 2. The lowest BCUT2D eigenvalue weighted by molar-refractivity contribution is 0.0951. The van der Waals surface area contributed by atoms with Gasteiger partial charge in [-0.15, -0.1) is 0 Å². The van der Waals surface area contributed by atoms with Crippen molar-refractivity contribution < 1.29 is 15.0 Å². The zero-order chi connectivity index (χ0) is 15.5. The van der Waals surface area contributed by atoms with Gasteiger partial charge in [-0.05, 0) is 24.3 Å². The highest BCUT2D eigenvalue weighted by molar-refractivity contribution is 5.98. The van der Waals surface area contributed by atoms with Crippen molar-refractivity contribution in [3.8, 4) is 11.5 Å². The largest absolute Gasteiger partial charge is 0.508 e. The number of phenolic OH excluding ortho intramolecular Hbond substituents is 2. The Bertz CT molecular complexity index is 835. The molecular formula is C16H13N3O3. The highest BCUT2D eigenvalue weighted by Crippen LogP contribution is 2.20. The Morgan fingerprint density at radius 3 is 2.73 bits per heavy atom. The van der Waals surface area contributed by atoms with E-state index in [2.05, 4.69) is 15.5 Å². The summed E-state index contributed by atoms with van der Waals surface area (Å²) < 4.78 is 0. The normalized spacial score (nSPS) is 11.1. The zero-order valence-electron chi connectivity index (χ0n) is 11.4. The Labute approximate surface area is 125 Å². The fourth-order valence-electron chi connectivity index (χ4n) is 2.06. The summed E-state index contributed by atoms with van der Waals surface area (Å²) in [5, 5.41) is 23.5. The number of para-hydroxylation sites is 1. The quantitative estimate of drug-likeness (QED) is 0.441. The van der Waals surface area contributed by atoms with E-state index in [-0.39, 0.29) is 17.4 Å². The van der Waals surface area contributed by atoms with Gasteiger partial charge in [0.25, 0.3) is 5.91 Å². The number of hydrazone groups is 1. The van der Waals surface area contributed by atoms with Crippen LogP contribution in [0.4, 0.5) is 0 Å². The summed E-state index contributed by atoms with van der Waals surface area (Å²) in [6.07, 6.45) is 1.30. The molecule has 0 fully saturated rings. The minimum atomic E-state index is -0.384. The number of nitrogens with one attached hydrogen (secondary N) is 2. The molecule has 0 unspecified atom stereocenters. The van der Waals surface area contributed by atoms with E-state index in [0.29, 0.717) is 11.3 Å². The highest BCUT2D eigenvalue weighted by Gasteiger charge is 2.08. The summed E-state index contributed by atoms with van der Waals surface area (Å²) in [6, 6.07) is 13.4. The molecule has 0 bridgehead atoms. The van der Waals surface area contributed by atoms with E-state index in [1.807, 2.05) is 24.3 Å². The van der Waals surface area contributed by atoms with E-state index in [1.165, 1.54) is 24.4 Å². The minimum absolute atomic E-state index is 0.0447. The van der Waals surface area contributed by atoms with E-state index in [9.17, 15) is 15.0 Å². The number of H-pyrrole nitrogens is 1. The van der Waals surface area contributed by atoms with Crippen LogP contribution in [0.5, 0.6) is 11.5 Å². The maximum Gasteiger partial charge on any atom is 0.287 e. The maximum atomic E-state index is 12.0. The van der Waals surface area contributed by atoms with Gasteiger partial charge in [-0.25, -0.2) is 5.43 Å². The molecule has 0 aliphatic rings. The first-order valence-electron chi connectivity index (χ1n) is 6.56. The van der Waals surface area contributed by atoms with E-state index in [4.69, 9.17) is 0 Å². The molecular weight excluding hydrogens is 282 g/mol. The van der Waals surface area contributed by atoms with Gasteiger partial charge < -0.3 is 15.2 Å². The third-order valence-corrected chi connectivity index (χ3v) is 3.16. The van der Waals surface area contributed by atoms with Gasteiger partial charge in [-0.1, -0.05) is 18.2 Å². The molecule has 6 heteroatoms. The van der Waals surface area contributed by atoms with Gasteiger partial charge in [-0.2, -0.15) is 5.10 Å². The fourth-order valence-corrected chi connectivity index (χ4v) is 2.06. The fraction of sp³-hybridized carbons (Fsp3) is 0. The summed E-state index contributed by atoms with van der Waals surface area (Å²) in [5.41, 5.74) is 4.02. The lowest BCUT2D eigenvalue weighted by Gasteiger charge is -1.99. The van der Waals surface area contributed by atoms with Crippen LogP contribution in [0.3, 0.4) is 0 Å². The molecule has 0 saturated heterocycles. The lowest BCUT2D eigenvalue weighted by atomic mass is 10.2. The maximum absolute atomic E-state index is 12.0. The summed E-state index contributed by atoms with van der Waals surface area (Å²) in [5.74, 6) is -0.550. The van der Waals surface area contributed by atoms with Crippen LogP contribution in [-0.4, -0.2) is 27.3 Å². The molecule has 0 atom stereocenters. The van der Waals surface area contributed by atoms with Crippen LogP contribution in [0.2, 0.25) is 0 Å². The summed E-state index contributed by atoms with van der Waals surface area (Å²) >= 11 is 0. The van der Waals surface area contributed by atoms with Gasteiger partial charge in [0.2, 0.25) is 0 Å². The number of carbonyl (C=O) groups excluding carboxylic acids is 1. The molecule has 1 amide bonds. The minimum Gasteiger partial charge on any atom is -0.508 e. The van der Waals surface area contributed by atoms with Crippen molar-refractivity contribution in [2.24, 2.45) is 5.10 Å². The van der Waals surface area contributed by atoms with Gasteiger partial charge in [0.1, 0.15) is 17.2 Å². The van der Waals surface area contributed by atoms with E-state index in [1.54, 1.807) is 6.07 Å². The van der Waals surface area contributed by atoms with Crippen molar-refractivity contribution in [3.63, 3.8) is 0 Å². The van der Waals surface area contributed by atoms with Crippen LogP contribution in [0.15, 0.2) is 53.6 Å². The number of aromatic amines is 1. The smallest absolute Gasteiger partial charge is 0.287 e. The van der Waals surface area contributed by atoms with E-state index >= 15 is 0 Å². The molecule has 3 aromatic rings. The number of aromatic hydroxyl groups is 2. The van der Waals surface area contributed by atoms with Crippen LogP contribution < -0.4 is 5.43 Å². The molecule has 1 aromatic heterocycles. The van der Waals surface area contributed by atoms with Crippen molar-refractivity contribution in [3.05, 3.63) is 59.8 Å². The van der Waals surface area contributed by atoms with Gasteiger partial charge in [0.15, 0.2) is 0 Å². The molecule has 0 aliphatic carbocycles. The molecule has 3 rings (SSSR count). The van der Waals surface area contributed by atoms with Gasteiger partial charge in [0.05, 0.1) is 6.21 Å². The highest BCUT2D eigenvalue weighted by atomic mass is 16.3. The van der Waals surface area contributed by atoms with Gasteiger partial charge in [0, 0.05) is 22.5 Å². The van der Waals surface area contributed by atoms with Crippen LogP contribution in [-0.2, 0) is 0 Å². The Morgan fingerprint density at radius 2 is 1.95 bits per heavy atom. The van der Waals surface area contributed by atoms with Gasteiger partial charge in [-0.3, -0.25) is 4.79 Å². The van der Waals surface area contributed by atoms with Crippen LogP contribution in [0, 0.1) is 0 Å². The molecule has 110 valence electrons. The summed E-state index contributed by atoms with van der Waals surface area (Å²) in [6.45, 7) is 0. The molecule has 0 saturated carbocycles. The predicted octanol–water partition coefficient (Wildman–Crippen LogP) is 2.34.